The van der Waals surface area contributed by atoms with Crippen molar-refractivity contribution in [2.45, 2.75) is 46.1 Å². The Morgan fingerprint density at radius 3 is 2.48 bits per heavy atom. The van der Waals surface area contributed by atoms with E-state index < -0.39 is 34.3 Å². The van der Waals surface area contributed by atoms with E-state index in [1.807, 2.05) is 0 Å². The van der Waals surface area contributed by atoms with Crippen molar-refractivity contribution in [1.29, 1.82) is 0 Å². The number of fused-ring (bicyclic) bond motifs is 2. The zero-order chi connectivity index (χ0) is 18.6. The highest BCUT2D eigenvalue weighted by Gasteiger charge is 2.76. The van der Waals surface area contributed by atoms with Crippen molar-refractivity contribution in [3.8, 4) is 0 Å². The van der Waals surface area contributed by atoms with Crippen LogP contribution in [0.3, 0.4) is 0 Å². The van der Waals surface area contributed by atoms with Gasteiger partial charge in [-0.15, -0.1) is 11.3 Å². The van der Waals surface area contributed by atoms with Crippen LogP contribution in [0, 0.1) is 17.8 Å². The number of aryl methyl sites for hydroxylation is 1. The quantitative estimate of drug-likeness (QED) is 0.372. The summed E-state index contributed by atoms with van der Waals surface area (Å²) in [6, 6.07) is 0. The number of carbonyl (C=O) groups is 3. The molecule has 1 saturated heterocycles. The molecule has 2 unspecified atom stereocenters. The van der Waals surface area contributed by atoms with Crippen molar-refractivity contribution in [2.75, 3.05) is 0 Å². The zero-order valence-corrected chi connectivity index (χ0v) is 15.2. The Labute approximate surface area is 148 Å². The largest absolute Gasteiger partial charge is 0.446 e. The van der Waals surface area contributed by atoms with Gasteiger partial charge in [-0.05, 0) is 26.7 Å². The Bertz CT molecular complexity index is 814. The van der Waals surface area contributed by atoms with Crippen LogP contribution in [0.5, 0.6) is 0 Å². The van der Waals surface area contributed by atoms with Crippen LogP contribution < -0.4 is 5.73 Å². The van der Waals surface area contributed by atoms with Gasteiger partial charge < -0.3 is 15.3 Å². The summed E-state index contributed by atoms with van der Waals surface area (Å²) in [4.78, 5) is 45.6. The van der Waals surface area contributed by atoms with Gasteiger partial charge in [-0.25, -0.2) is 9.78 Å². The Morgan fingerprint density at radius 1 is 1.36 bits per heavy atom. The molecule has 1 saturated carbocycles. The molecular formula is C16H19N3O5S. The number of ether oxygens (including phenoxy) is 1. The fourth-order valence-corrected chi connectivity index (χ4v) is 4.30. The molecule has 0 radical (unpaired) electrons. The summed E-state index contributed by atoms with van der Waals surface area (Å²) in [5.74, 6) is -2.09. The number of nitrogens with two attached hydrogens (primary N) is 1. The van der Waals surface area contributed by atoms with E-state index in [9.17, 15) is 14.4 Å². The van der Waals surface area contributed by atoms with Crippen molar-refractivity contribution in [1.82, 2.24) is 4.98 Å². The van der Waals surface area contributed by atoms with Crippen molar-refractivity contribution in [3.05, 3.63) is 16.1 Å². The number of oxime groups is 1. The fraction of sp³-hybridized carbons (Fsp3) is 0.562. The highest BCUT2D eigenvalue weighted by atomic mass is 32.1. The molecule has 1 amide bonds. The van der Waals surface area contributed by atoms with Crippen molar-refractivity contribution in [2.24, 2.45) is 21.7 Å². The van der Waals surface area contributed by atoms with E-state index in [1.165, 1.54) is 0 Å². The van der Waals surface area contributed by atoms with Gasteiger partial charge in [0.2, 0.25) is 11.3 Å². The Balaban J connectivity index is 1.90. The average Bonchev–Trinajstić information content (AvgIpc) is 3.07. The number of thiazole rings is 1. The first-order valence-electron chi connectivity index (χ1n) is 7.80. The SMILES string of the molecule is Cc1csc(C(=NOC(=O)C23CCC(C)(C(=O)O2)C3(C)C)C(N)=O)n1. The van der Waals surface area contributed by atoms with Gasteiger partial charge in [0, 0.05) is 16.5 Å². The van der Waals surface area contributed by atoms with E-state index in [1.54, 1.807) is 33.1 Å². The summed E-state index contributed by atoms with van der Waals surface area (Å²) >= 11 is 1.16. The molecule has 2 N–H and O–H groups in total. The summed E-state index contributed by atoms with van der Waals surface area (Å²) < 4.78 is 5.42. The maximum atomic E-state index is 12.7. The summed E-state index contributed by atoms with van der Waals surface area (Å²) in [6.45, 7) is 7.14. The lowest BCUT2D eigenvalue weighted by molar-refractivity contribution is -0.183. The van der Waals surface area contributed by atoms with E-state index >= 15 is 0 Å². The summed E-state index contributed by atoms with van der Waals surface area (Å²) in [6.07, 6.45) is 0.866. The van der Waals surface area contributed by atoms with Gasteiger partial charge in [-0.3, -0.25) is 9.59 Å². The second-order valence-corrected chi connectivity index (χ2v) is 8.01. The third-order valence-electron chi connectivity index (χ3n) is 5.69. The molecule has 8 nitrogen and oxygen atoms in total. The van der Waals surface area contributed by atoms with Gasteiger partial charge in [0.15, 0.2) is 5.01 Å². The minimum absolute atomic E-state index is 0.245. The van der Waals surface area contributed by atoms with Crippen LogP contribution in [-0.2, 0) is 24.0 Å². The van der Waals surface area contributed by atoms with Crippen LogP contribution in [0.4, 0.5) is 0 Å². The summed E-state index contributed by atoms with van der Waals surface area (Å²) in [5.41, 5.74) is 2.83. The zero-order valence-electron chi connectivity index (χ0n) is 14.4. The van der Waals surface area contributed by atoms with Crippen LogP contribution in [0.25, 0.3) is 0 Å². The van der Waals surface area contributed by atoms with E-state index in [0.717, 1.165) is 11.3 Å². The predicted octanol–water partition coefficient (Wildman–Crippen LogP) is 1.31. The molecule has 1 aliphatic carbocycles. The molecular weight excluding hydrogens is 346 g/mol. The Hall–Kier alpha value is -2.29. The van der Waals surface area contributed by atoms with Gasteiger partial charge in [-0.1, -0.05) is 19.0 Å². The molecule has 1 aromatic rings. The van der Waals surface area contributed by atoms with Crippen LogP contribution in [0.15, 0.2) is 10.5 Å². The number of nitrogens with zero attached hydrogens (tertiary/aromatic N) is 2. The molecule has 2 heterocycles. The molecule has 1 aromatic heterocycles. The third kappa shape index (κ3) is 2.21. The maximum absolute atomic E-state index is 12.7. The first-order valence-corrected chi connectivity index (χ1v) is 8.68. The van der Waals surface area contributed by atoms with Crippen molar-refractivity contribution in [3.63, 3.8) is 0 Å². The molecule has 2 aliphatic rings. The number of primary amides is 1. The highest BCUT2D eigenvalue weighted by molar-refractivity contribution is 7.12. The fourth-order valence-electron chi connectivity index (χ4n) is 3.52. The maximum Gasteiger partial charge on any atom is 0.378 e. The molecule has 134 valence electrons. The van der Waals surface area contributed by atoms with E-state index in [4.69, 9.17) is 15.3 Å². The number of aromatic nitrogens is 1. The molecule has 9 heteroatoms. The lowest BCUT2D eigenvalue weighted by Gasteiger charge is -2.33. The van der Waals surface area contributed by atoms with Crippen LogP contribution >= 0.6 is 11.3 Å². The molecule has 1 aliphatic heterocycles. The number of rotatable bonds is 4. The number of esters is 1. The molecule has 2 fully saturated rings. The molecule has 0 aromatic carbocycles. The third-order valence-corrected chi connectivity index (χ3v) is 6.65. The molecule has 25 heavy (non-hydrogen) atoms. The normalized spacial score (nSPS) is 30.2. The minimum atomic E-state index is -1.41. The second-order valence-electron chi connectivity index (χ2n) is 7.15. The second kappa shape index (κ2) is 5.35. The van der Waals surface area contributed by atoms with E-state index in [-0.39, 0.29) is 10.7 Å². The lowest BCUT2D eigenvalue weighted by atomic mass is 9.66. The predicted molar refractivity (Wildman–Crippen MR) is 88.6 cm³/mol. The molecule has 3 rings (SSSR count). The van der Waals surface area contributed by atoms with E-state index in [2.05, 4.69) is 10.1 Å². The van der Waals surface area contributed by atoms with Crippen molar-refractivity contribution < 1.29 is 24.0 Å². The van der Waals surface area contributed by atoms with Crippen LogP contribution in [0.1, 0.15) is 44.3 Å². The molecule has 2 atom stereocenters. The van der Waals surface area contributed by atoms with Gasteiger partial charge in [0.1, 0.15) is 0 Å². The number of amides is 1. The summed E-state index contributed by atoms with van der Waals surface area (Å²) in [5, 5.41) is 5.60. The number of hydrogen-bond donors (Lipinski definition) is 1. The highest BCUT2D eigenvalue weighted by Crippen LogP contribution is 2.65. The summed E-state index contributed by atoms with van der Waals surface area (Å²) in [7, 11) is 0. The first kappa shape index (κ1) is 17.5. The van der Waals surface area contributed by atoms with Gasteiger partial charge in [0.05, 0.1) is 5.41 Å². The number of carbonyl (C=O) groups excluding carboxylic acids is 3. The Morgan fingerprint density at radius 2 is 2.04 bits per heavy atom. The van der Waals surface area contributed by atoms with Gasteiger partial charge in [0.25, 0.3) is 5.91 Å². The minimum Gasteiger partial charge on any atom is -0.446 e. The van der Waals surface area contributed by atoms with E-state index in [0.29, 0.717) is 18.5 Å². The number of hydrogen-bond acceptors (Lipinski definition) is 8. The smallest absolute Gasteiger partial charge is 0.378 e. The standard InChI is InChI=1S/C16H19N3O5S/c1-8-7-25-11(18-8)9(10(17)20)19-24-13(22)16-6-5-15(4,12(21)23-16)14(16,2)3/h7H,5-6H2,1-4H3,(H2,17,20). The van der Waals surface area contributed by atoms with Gasteiger partial charge in [-0.2, -0.15) is 0 Å². The molecule has 2 bridgehead atoms. The topological polar surface area (TPSA) is 121 Å². The molecule has 0 spiro atoms. The first-order chi connectivity index (χ1) is 11.5. The lowest BCUT2D eigenvalue weighted by Crippen LogP contribution is -2.48. The average molecular weight is 365 g/mol. The van der Waals surface area contributed by atoms with Gasteiger partial charge >= 0.3 is 11.9 Å². The van der Waals surface area contributed by atoms with Crippen LogP contribution in [0.2, 0.25) is 0 Å². The monoisotopic (exact) mass is 365 g/mol. The Kier molecular flexibility index (Phi) is 3.75. The van der Waals surface area contributed by atoms with Crippen LogP contribution in [-0.4, -0.2) is 34.1 Å². The van der Waals surface area contributed by atoms with Crippen molar-refractivity contribution >= 4 is 34.9 Å².